The SMILES string of the molecule is C[C@@H]1CN1P(=O)(N1CCc2ccccc21)N1C[C@H]1C. The summed E-state index contributed by atoms with van der Waals surface area (Å²) in [4.78, 5) is 0. The molecule has 102 valence electrons. The lowest BCUT2D eigenvalue weighted by Gasteiger charge is -2.32. The standard InChI is InChI=1S/C14H20N3OP/c1-11-9-16(11)19(18,17-10-12(17)2)15-8-7-13-5-3-4-6-14(13)15/h3-6,11-12H,7-10H2,1-2H3/t11-,12-,16?,17?,19?/m1/s1. The van der Waals surface area contributed by atoms with Crippen LogP contribution < -0.4 is 4.67 Å². The zero-order valence-electron chi connectivity index (χ0n) is 11.5. The molecule has 0 aromatic heterocycles. The normalized spacial score (nSPS) is 38.7. The van der Waals surface area contributed by atoms with E-state index in [1.807, 2.05) is 0 Å². The summed E-state index contributed by atoms with van der Waals surface area (Å²) in [6.45, 7) is 7.17. The van der Waals surface area contributed by atoms with Crippen LogP contribution in [-0.4, -0.2) is 41.1 Å². The third-order valence-electron chi connectivity index (χ3n) is 4.50. The maximum absolute atomic E-state index is 13.7. The summed E-state index contributed by atoms with van der Waals surface area (Å²) in [6.07, 6.45) is 1.02. The molecule has 0 N–H and O–H groups in total. The van der Waals surface area contributed by atoms with Gasteiger partial charge in [-0.2, -0.15) is 0 Å². The van der Waals surface area contributed by atoms with Crippen molar-refractivity contribution in [1.82, 2.24) is 9.34 Å². The summed E-state index contributed by atoms with van der Waals surface area (Å²) in [5, 5.41) is 0. The van der Waals surface area contributed by atoms with Gasteiger partial charge in [-0.05, 0) is 31.9 Å². The highest BCUT2D eigenvalue weighted by Gasteiger charge is 2.59. The molecule has 19 heavy (non-hydrogen) atoms. The fourth-order valence-electron chi connectivity index (χ4n) is 3.19. The summed E-state index contributed by atoms with van der Waals surface area (Å²) in [6, 6.07) is 9.35. The van der Waals surface area contributed by atoms with Gasteiger partial charge in [0.2, 0.25) is 0 Å². The number of nitrogens with zero attached hydrogens (tertiary/aromatic N) is 3. The molecule has 3 aliphatic rings. The lowest BCUT2D eigenvalue weighted by molar-refractivity contribution is 0.501. The Morgan fingerprint density at radius 3 is 2.26 bits per heavy atom. The Labute approximate surface area is 114 Å². The molecule has 1 aromatic rings. The predicted molar refractivity (Wildman–Crippen MR) is 77.4 cm³/mol. The topological polar surface area (TPSA) is 26.3 Å². The molecular weight excluding hydrogens is 257 g/mol. The molecule has 4 nitrogen and oxygen atoms in total. The number of hydrogen-bond donors (Lipinski definition) is 0. The lowest BCUT2D eigenvalue weighted by Crippen LogP contribution is -2.27. The van der Waals surface area contributed by atoms with Crippen LogP contribution in [0.25, 0.3) is 0 Å². The van der Waals surface area contributed by atoms with Gasteiger partial charge in [-0.15, -0.1) is 0 Å². The molecule has 0 radical (unpaired) electrons. The Kier molecular flexibility index (Phi) is 2.42. The van der Waals surface area contributed by atoms with E-state index in [1.165, 1.54) is 11.3 Å². The van der Waals surface area contributed by atoms with E-state index in [9.17, 15) is 4.57 Å². The largest absolute Gasteiger partial charge is 0.311 e. The van der Waals surface area contributed by atoms with E-state index in [0.717, 1.165) is 26.1 Å². The van der Waals surface area contributed by atoms with Crippen LogP contribution in [0.2, 0.25) is 0 Å². The third-order valence-corrected chi connectivity index (χ3v) is 8.00. The Bertz CT molecular complexity index is 556. The smallest absolute Gasteiger partial charge is 0.298 e. The number of para-hydroxylation sites is 1. The molecule has 1 aromatic carbocycles. The first-order chi connectivity index (χ1) is 9.12. The van der Waals surface area contributed by atoms with Gasteiger partial charge in [-0.25, -0.2) is 9.34 Å². The van der Waals surface area contributed by atoms with Crippen molar-refractivity contribution in [3.05, 3.63) is 29.8 Å². The summed E-state index contributed by atoms with van der Waals surface area (Å²) >= 11 is 0. The number of hydrogen-bond acceptors (Lipinski definition) is 1. The molecule has 3 heterocycles. The second-order valence-corrected chi connectivity index (χ2v) is 8.49. The number of rotatable bonds is 3. The van der Waals surface area contributed by atoms with Gasteiger partial charge in [0, 0.05) is 37.4 Å². The van der Waals surface area contributed by atoms with Crippen LogP contribution in [0.4, 0.5) is 5.69 Å². The average molecular weight is 277 g/mol. The van der Waals surface area contributed by atoms with Crippen LogP contribution in [-0.2, 0) is 11.0 Å². The monoisotopic (exact) mass is 277 g/mol. The van der Waals surface area contributed by atoms with Gasteiger partial charge in [0.15, 0.2) is 0 Å². The second kappa shape index (κ2) is 3.85. The zero-order valence-corrected chi connectivity index (χ0v) is 12.4. The average Bonchev–Trinajstić information content (AvgIpc) is 3.27. The van der Waals surface area contributed by atoms with Crippen molar-refractivity contribution in [1.29, 1.82) is 0 Å². The molecule has 5 heteroatoms. The van der Waals surface area contributed by atoms with E-state index in [0.29, 0.717) is 12.1 Å². The molecule has 0 amide bonds. The number of anilines is 1. The Balaban J connectivity index is 1.75. The Morgan fingerprint density at radius 1 is 1.11 bits per heavy atom. The van der Waals surface area contributed by atoms with Crippen LogP contribution in [0.5, 0.6) is 0 Å². The summed E-state index contributed by atoms with van der Waals surface area (Å²) in [5.74, 6) is 0. The van der Waals surface area contributed by atoms with Crippen molar-refractivity contribution < 1.29 is 4.57 Å². The molecule has 4 atom stereocenters. The summed E-state index contributed by atoms with van der Waals surface area (Å²) < 4.78 is 20.3. The highest BCUT2D eigenvalue weighted by Crippen LogP contribution is 2.68. The van der Waals surface area contributed by atoms with Crippen LogP contribution in [0.15, 0.2) is 24.3 Å². The Morgan fingerprint density at radius 2 is 1.68 bits per heavy atom. The van der Waals surface area contributed by atoms with Crippen LogP contribution in [0, 0.1) is 0 Å². The van der Waals surface area contributed by atoms with Crippen molar-refractivity contribution in [2.45, 2.75) is 32.4 Å². The second-order valence-electron chi connectivity index (χ2n) is 5.96. The van der Waals surface area contributed by atoms with Crippen LogP contribution in [0.3, 0.4) is 0 Å². The molecular formula is C14H20N3OP. The first kappa shape index (κ1) is 12.0. The van der Waals surface area contributed by atoms with Crippen LogP contribution in [0.1, 0.15) is 19.4 Å². The van der Waals surface area contributed by atoms with Gasteiger partial charge >= 0.3 is 7.59 Å². The fourth-order valence-corrected chi connectivity index (χ4v) is 6.80. The minimum atomic E-state index is -2.53. The third kappa shape index (κ3) is 1.63. The summed E-state index contributed by atoms with van der Waals surface area (Å²) in [7, 11) is -2.53. The molecule has 0 spiro atoms. The van der Waals surface area contributed by atoms with Crippen LogP contribution >= 0.6 is 7.59 Å². The van der Waals surface area contributed by atoms with Gasteiger partial charge in [0.1, 0.15) is 0 Å². The van der Waals surface area contributed by atoms with Crippen molar-refractivity contribution in [2.24, 2.45) is 0 Å². The molecule has 0 bridgehead atoms. The van der Waals surface area contributed by atoms with E-state index in [4.69, 9.17) is 0 Å². The number of fused-ring (bicyclic) bond motifs is 1. The molecule has 2 unspecified atom stereocenters. The quantitative estimate of drug-likeness (QED) is 0.626. The molecule has 0 saturated carbocycles. The van der Waals surface area contributed by atoms with Gasteiger partial charge in [0.25, 0.3) is 0 Å². The Hall–Kier alpha value is -0.830. The lowest BCUT2D eigenvalue weighted by atomic mass is 10.2. The van der Waals surface area contributed by atoms with E-state index < -0.39 is 7.59 Å². The molecule has 3 aliphatic heterocycles. The highest BCUT2D eigenvalue weighted by atomic mass is 31.2. The highest BCUT2D eigenvalue weighted by molar-refractivity contribution is 7.61. The zero-order chi connectivity index (χ0) is 13.2. The maximum atomic E-state index is 13.7. The first-order valence-electron chi connectivity index (χ1n) is 7.12. The minimum Gasteiger partial charge on any atom is -0.298 e. The molecule has 4 rings (SSSR count). The maximum Gasteiger partial charge on any atom is 0.311 e. The predicted octanol–water partition coefficient (Wildman–Crippen LogP) is 2.57. The fraction of sp³-hybridized carbons (Fsp3) is 0.571. The van der Waals surface area contributed by atoms with Crippen molar-refractivity contribution in [3.63, 3.8) is 0 Å². The molecule has 0 aliphatic carbocycles. The van der Waals surface area contributed by atoms with Gasteiger partial charge in [-0.3, -0.25) is 9.24 Å². The van der Waals surface area contributed by atoms with Crippen molar-refractivity contribution in [3.8, 4) is 0 Å². The van der Waals surface area contributed by atoms with E-state index in [2.05, 4.69) is 52.1 Å². The molecule has 2 saturated heterocycles. The van der Waals surface area contributed by atoms with E-state index >= 15 is 0 Å². The number of benzene rings is 1. The summed E-state index contributed by atoms with van der Waals surface area (Å²) in [5.41, 5.74) is 2.52. The van der Waals surface area contributed by atoms with Gasteiger partial charge < -0.3 is 0 Å². The van der Waals surface area contributed by atoms with Crippen molar-refractivity contribution >= 4 is 13.3 Å². The van der Waals surface area contributed by atoms with Crippen molar-refractivity contribution in [2.75, 3.05) is 24.3 Å². The van der Waals surface area contributed by atoms with Gasteiger partial charge in [-0.1, -0.05) is 18.2 Å². The minimum absolute atomic E-state index is 0.464. The first-order valence-corrected chi connectivity index (χ1v) is 8.69. The van der Waals surface area contributed by atoms with Gasteiger partial charge in [0.05, 0.1) is 0 Å². The van der Waals surface area contributed by atoms with E-state index in [-0.39, 0.29) is 0 Å². The molecule has 2 fully saturated rings. The van der Waals surface area contributed by atoms with E-state index in [1.54, 1.807) is 0 Å².